The van der Waals surface area contributed by atoms with Crippen molar-refractivity contribution in [2.24, 2.45) is 0 Å². The first-order valence-electron chi connectivity index (χ1n) is 18.6. The Kier molecular flexibility index (Phi) is 7.07. The summed E-state index contributed by atoms with van der Waals surface area (Å²) in [5, 5.41) is 1.98. The molecule has 0 bridgehead atoms. The van der Waals surface area contributed by atoms with Crippen molar-refractivity contribution in [3.8, 4) is 67.9 Å². The van der Waals surface area contributed by atoms with Gasteiger partial charge in [-0.2, -0.15) is 0 Å². The zero-order valence-electron chi connectivity index (χ0n) is 30.0. The van der Waals surface area contributed by atoms with E-state index < -0.39 is 5.41 Å². The summed E-state index contributed by atoms with van der Waals surface area (Å²) >= 11 is 0. The van der Waals surface area contributed by atoms with Gasteiger partial charge in [0, 0.05) is 27.8 Å². The molecule has 1 aliphatic heterocycles. The molecule has 56 heavy (non-hydrogen) atoms. The van der Waals surface area contributed by atoms with Gasteiger partial charge in [0.25, 0.3) is 0 Å². The maximum Gasteiger partial charge on any atom is 0.194 e. The molecule has 1 unspecified atom stereocenters. The van der Waals surface area contributed by atoms with E-state index in [0.29, 0.717) is 23.2 Å². The lowest BCUT2D eigenvalue weighted by atomic mass is 9.65. The molecule has 0 saturated carbocycles. The van der Waals surface area contributed by atoms with E-state index in [1.54, 1.807) is 0 Å². The van der Waals surface area contributed by atoms with Crippen LogP contribution in [0.1, 0.15) is 22.3 Å². The number of hydrogen-bond donors (Lipinski definition) is 0. The molecule has 1 spiro atoms. The van der Waals surface area contributed by atoms with E-state index in [1.807, 2.05) is 91.0 Å². The number of nitrogens with zero attached hydrogens (tertiary/aromatic N) is 4. The van der Waals surface area contributed by atoms with Gasteiger partial charge in [-0.15, -0.1) is 0 Å². The van der Waals surface area contributed by atoms with Gasteiger partial charge in [0.2, 0.25) is 0 Å². The first-order valence-corrected chi connectivity index (χ1v) is 18.6. The molecule has 0 amide bonds. The summed E-state index contributed by atoms with van der Waals surface area (Å²) in [4.78, 5) is 19.0. The van der Waals surface area contributed by atoms with Crippen LogP contribution in [-0.4, -0.2) is 15.0 Å². The second-order valence-corrected chi connectivity index (χ2v) is 14.2. The highest BCUT2D eigenvalue weighted by molar-refractivity contribution is 6.04. The van der Waals surface area contributed by atoms with Gasteiger partial charge in [-0.05, 0) is 68.4 Å². The highest BCUT2D eigenvalue weighted by Gasteiger charge is 2.51. The second-order valence-electron chi connectivity index (χ2n) is 14.2. The third-order valence-electron chi connectivity index (χ3n) is 11.2. The number of rotatable bonds is 4. The number of fused-ring (bicyclic) bond motifs is 10. The first kappa shape index (κ1) is 31.8. The molecule has 11 rings (SSSR count). The average Bonchev–Trinajstić information content (AvgIpc) is 3.56. The molecule has 0 radical (unpaired) electrons. The number of aromatic nitrogens is 3. The summed E-state index contributed by atoms with van der Waals surface area (Å²) in [6.45, 7) is 7.83. The summed E-state index contributed by atoms with van der Waals surface area (Å²) in [7, 11) is 0. The summed E-state index contributed by atoms with van der Waals surface area (Å²) in [5.41, 5.74) is 11.6. The van der Waals surface area contributed by atoms with Crippen molar-refractivity contribution < 1.29 is 4.74 Å². The third-order valence-corrected chi connectivity index (χ3v) is 11.2. The van der Waals surface area contributed by atoms with Crippen LogP contribution >= 0.6 is 0 Å². The SMILES string of the molecule is [C-]#[N+]c1ccc(-c2ccc3c(c2)C2(c4ccccc4O3)c3ccccc3-c3ccc(-c4nc(-c5ccccc5)nc(-c5ccccc5)n4)cc32)c2ccccc12. The Labute approximate surface area is 324 Å². The largest absolute Gasteiger partial charge is 0.457 e. The smallest absolute Gasteiger partial charge is 0.194 e. The molecule has 1 aromatic heterocycles. The van der Waals surface area contributed by atoms with Crippen LogP contribution in [0.2, 0.25) is 0 Å². The molecule has 2 aliphatic rings. The number of hydrogen-bond acceptors (Lipinski definition) is 4. The van der Waals surface area contributed by atoms with Crippen molar-refractivity contribution in [2.45, 2.75) is 5.41 Å². The van der Waals surface area contributed by atoms with E-state index in [0.717, 1.165) is 72.3 Å². The van der Waals surface area contributed by atoms with Crippen LogP contribution in [0.5, 0.6) is 11.5 Å². The predicted octanol–water partition coefficient (Wildman–Crippen LogP) is 12.7. The second kappa shape index (κ2) is 12.4. The molecule has 260 valence electrons. The molecule has 1 atom stereocenters. The molecule has 0 saturated heterocycles. The van der Waals surface area contributed by atoms with Crippen molar-refractivity contribution in [2.75, 3.05) is 0 Å². The Bertz CT molecular complexity index is 3020. The molecule has 0 fully saturated rings. The van der Waals surface area contributed by atoms with Crippen molar-refractivity contribution in [1.82, 2.24) is 15.0 Å². The van der Waals surface area contributed by atoms with Gasteiger partial charge in [-0.1, -0.05) is 158 Å². The van der Waals surface area contributed by atoms with E-state index in [4.69, 9.17) is 26.3 Å². The fraction of sp³-hybridized carbons (Fsp3) is 0.0196. The molecule has 2 heterocycles. The summed E-state index contributed by atoms with van der Waals surface area (Å²) in [5.74, 6) is 3.48. The van der Waals surface area contributed by atoms with Crippen molar-refractivity contribution in [3.05, 3.63) is 216 Å². The van der Waals surface area contributed by atoms with Gasteiger partial charge in [-0.25, -0.2) is 19.8 Å². The van der Waals surface area contributed by atoms with E-state index >= 15 is 0 Å². The Morgan fingerprint density at radius 3 is 1.66 bits per heavy atom. The third kappa shape index (κ3) is 4.70. The zero-order chi connectivity index (χ0) is 37.2. The average molecular weight is 715 g/mol. The Hall–Kier alpha value is -7.68. The molecule has 5 heteroatoms. The molecule has 1 aliphatic carbocycles. The fourth-order valence-electron chi connectivity index (χ4n) is 8.78. The van der Waals surface area contributed by atoms with Gasteiger partial charge in [-0.3, -0.25) is 0 Å². The highest BCUT2D eigenvalue weighted by atomic mass is 16.5. The molecule has 8 aromatic carbocycles. The van der Waals surface area contributed by atoms with Crippen LogP contribution in [0.3, 0.4) is 0 Å². The lowest BCUT2D eigenvalue weighted by Crippen LogP contribution is -2.32. The van der Waals surface area contributed by atoms with Crippen LogP contribution in [-0.2, 0) is 5.41 Å². The standard InChI is InChI=1S/C51H30N4O/c1-52-45-28-27-36(37-18-8-9-20-40(37)45)34-25-29-47-44(30-34)51(42-22-12-13-23-46(42)56-47)41-21-11-10-19-38(41)39-26-24-35(31-43(39)51)50-54-48(32-14-4-2-5-15-32)53-49(55-50)33-16-6-3-7-17-33/h2-31H. The van der Waals surface area contributed by atoms with E-state index in [1.165, 1.54) is 11.1 Å². The minimum Gasteiger partial charge on any atom is -0.457 e. The maximum absolute atomic E-state index is 7.83. The number of ether oxygens (including phenoxy) is 1. The Morgan fingerprint density at radius 2 is 0.929 bits per heavy atom. The van der Waals surface area contributed by atoms with Crippen LogP contribution in [0.15, 0.2) is 182 Å². The summed E-state index contributed by atoms with van der Waals surface area (Å²) in [6, 6.07) is 62.7. The minimum absolute atomic E-state index is 0.604. The van der Waals surface area contributed by atoms with Crippen molar-refractivity contribution >= 4 is 16.5 Å². The van der Waals surface area contributed by atoms with Crippen molar-refractivity contribution in [1.29, 1.82) is 0 Å². The summed E-state index contributed by atoms with van der Waals surface area (Å²) in [6.07, 6.45) is 0. The monoisotopic (exact) mass is 714 g/mol. The molecule has 0 N–H and O–H groups in total. The lowest BCUT2D eigenvalue weighted by molar-refractivity contribution is 0.436. The fourth-order valence-corrected chi connectivity index (χ4v) is 8.78. The normalized spacial score (nSPS) is 14.6. The molecule has 9 aromatic rings. The van der Waals surface area contributed by atoms with Gasteiger partial charge < -0.3 is 4.74 Å². The molecular weight excluding hydrogens is 685 g/mol. The van der Waals surface area contributed by atoms with Gasteiger partial charge in [0.15, 0.2) is 23.2 Å². The van der Waals surface area contributed by atoms with Crippen LogP contribution < -0.4 is 4.74 Å². The van der Waals surface area contributed by atoms with Gasteiger partial charge in [0.1, 0.15) is 11.5 Å². The maximum atomic E-state index is 7.83. The Balaban J connectivity index is 1.19. The number of benzene rings is 8. The Morgan fingerprint density at radius 1 is 0.393 bits per heavy atom. The van der Waals surface area contributed by atoms with Crippen molar-refractivity contribution in [3.63, 3.8) is 0 Å². The van der Waals surface area contributed by atoms with E-state index in [2.05, 4.69) is 95.8 Å². The molecule has 5 nitrogen and oxygen atoms in total. The van der Waals surface area contributed by atoms with Crippen LogP contribution in [0.25, 0.3) is 72.0 Å². The van der Waals surface area contributed by atoms with Gasteiger partial charge >= 0.3 is 0 Å². The zero-order valence-corrected chi connectivity index (χ0v) is 30.0. The lowest BCUT2D eigenvalue weighted by Gasteiger charge is -2.39. The first-order chi connectivity index (χ1) is 27.7. The number of para-hydroxylation sites is 1. The minimum atomic E-state index is -0.716. The molecular formula is C51H30N4O. The van der Waals surface area contributed by atoms with Crippen LogP contribution in [0.4, 0.5) is 5.69 Å². The predicted molar refractivity (Wildman–Crippen MR) is 223 cm³/mol. The van der Waals surface area contributed by atoms with Gasteiger partial charge in [0.05, 0.1) is 12.0 Å². The summed E-state index contributed by atoms with van der Waals surface area (Å²) < 4.78 is 6.78. The van der Waals surface area contributed by atoms with Crippen LogP contribution in [0, 0.1) is 6.57 Å². The quantitative estimate of drug-likeness (QED) is 0.170. The topological polar surface area (TPSA) is 52.3 Å². The van der Waals surface area contributed by atoms with E-state index in [9.17, 15) is 0 Å². The highest BCUT2D eigenvalue weighted by Crippen LogP contribution is 2.62. The van der Waals surface area contributed by atoms with E-state index in [-0.39, 0.29) is 0 Å².